The lowest BCUT2D eigenvalue weighted by Gasteiger charge is -2.05. The maximum Gasteiger partial charge on any atom is 0.258 e. The van der Waals surface area contributed by atoms with E-state index >= 15 is 0 Å². The van der Waals surface area contributed by atoms with Crippen LogP contribution in [-0.2, 0) is 0 Å². The van der Waals surface area contributed by atoms with Gasteiger partial charge in [0.25, 0.3) is 11.8 Å². The van der Waals surface area contributed by atoms with Crippen LogP contribution in [0.25, 0.3) is 0 Å². The predicted molar refractivity (Wildman–Crippen MR) is 53.4 cm³/mol. The summed E-state index contributed by atoms with van der Waals surface area (Å²) in [6, 6.07) is 1.67. The second-order valence-corrected chi connectivity index (χ2v) is 3.43. The van der Waals surface area contributed by atoms with Gasteiger partial charge in [0, 0.05) is 18.3 Å². The van der Waals surface area contributed by atoms with E-state index in [1.165, 1.54) is 18.5 Å². The summed E-state index contributed by atoms with van der Waals surface area (Å²) in [6.07, 6.45) is 2.57. The van der Waals surface area contributed by atoms with E-state index in [1.807, 2.05) is 0 Å². The summed E-state index contributed by atoms with van der Waals surface area (Å²) in [5.74, 6) is -4.58. The molecule has 0 amide bonds. The maximum atomic E-state index is 13.2. The Bertz CT molecular complexity index is 565. The molecule has 2 heterocycles. The largest absolute Gasteiger partial charge is 0.435 e. The molecule has 0 aliphatic heterocycles. The normalized spacial score (nSPS) is 10.4. The molecule has 0 saturated heterocycles. The summed E-state index contributed by atoms with van der Waals surface area (Å²) in [6.45, 7) is 0. The highest BCUT2D eigenvalue weighted by atomic mass is 35.5. The molecule has 0 aromatic carbocycles. The molecular formula is C10H4ClF3N2O. The molecule has 17 heavy (non-hydrogen) atoms. The molecule has 0 bridgehead atoms. The molecule has 2 aromatic heterocycles. The first-order chi connectivity index (χ1) is 8.06. The lowest BCUT2D eigenvalue weighted by atomic mass is 10.4. The number of hydrogen-bond donors (Lipinski definition) is 0. The molecule has 2 aromatic rings. The van der Waals surface area contributed by atoms with Crippen molar-refractivity contribution in [2.24, 2.45) is 0 Å². The first-order valence-corrected chi connectivity index (χ1v) is 4.74. The van der Waals surface area contributed by atoms with Gasteiger partial charge in [-0.1, -0.05) is 11.6 Å². The number of pyridine rings is 2. The van der Waals surface area contributed by atoms with Gasteiger partial charge in [0.2, 0.25) is 0 Å². The van der Waals surface area contributed by atoms with Gasteiger partial charge in [-0.05, 0) is 0 Å². The van der Waals surface area contributed by atoms with Crippen LogP contribution in [0.2, 0.25) is 5.02 Å². The van der Waals surface area contributed by atoms with Gasteiger partial charge < -0.3 is 4.74 Å². The van der Waals surface area contributed by atoms with Crippen molar-refractivity contribution in [2.75, 3.05) is 0 Å². The number of aromatic nitrogens is 2. The Balaban J connectivity index is 2.33. The van der Waals surface area contributed by atoms with E-state index in [4.69, 9.17) is 16.3 Å². The Hall–Kier alpha value is -1.82. The Labute approximate surface area is 98.8 Å². The predicted octanol–water partition coefficient (Wildman–Crippen LogP) is 3.34. The van der Waals surface area contributed by atoms with Gasteiger partial charge in [-0.15, -0.1) is 0 Å². The monoisotopic (exact) mass is 260 g/mol. The van der Waals surface area contributed by atoms with Gasteiger partial charge in [0.05, 0.1) is 11.2 Å². The van der Waals surface area contributed by atoms with Crippen LogP contribution in [0.15, 0.2) is 24.5 Å². The summed E-state index contributed by atoms with van der Waals surface area (Å²) < 4.78 is 43.4. The average Bonchev–Trinajstić information content (AvgIpc) is 2.26. The number of nitrogens with zero attached hydrogens (tertiary/aromatic N) is 2. The molecule has 0 aliphatic carbocycles. The number of halogens is 4. The van der Waals surface area contributed by atoms with Crippen molar-refractivity contribution >= 4 is 11.6 Å². The van der Waals surface area contributed by atoms with Gasteiger partial charge in [0.15, 0.2) is 11.6 Å². The molecule has 0 N–H and O–H groups in total. The van der Waals surface area contributed by atoms with Crippen LogP contribution < -0.4 is 4.74 Å². The third-order valence-electron chi connectivity index (χ3n) is 1.75. The van der Waals surface area contributed by atoms with Crippen LogP contribution in [-0.4, -0.2) is 9.97 Å². The summed E-state index contributed by atoms with van der Waals surface area (Å²) in [5, 5.41) is 0.255. The van der Waals surface area contributed by atoms with Gasteiger partial charge >= 0.3 is 0 Å². The molecule has 0 atom stereocenters. The summed E-state index contributed by atoms with van der Waals surface area (Å²) in [4.78, 5) is 6.66. The highest BCUT2D eigenvalue weighted by molar-refractivity contribution is 6.30. The molecule has 0 unspecified atom stereocenters. The molecule has 88 valence electrons. The molecule has 0 spiro atoms. The van der Waals surface area contributed by atoms with Crippen LogP contribution in [0, 0.1) is 17.6 Å². The van der Waals surface area contributed by atoms with Crippen molar-refractivity contribution in [3.8, 4) is 11.6 Å². The number of hydrogen-bond acceptors (Lipinski definition) is 3. The standard InChI is InChI=1S/C10H4ClF3N2O/c11-5-1-6(4-15-3-5)17-10-8(13)2-7(12)9(14)16-10/h1-4H. The lowest BCUT2D eigenvalue weighted by molar-refractivity contribution is 0.386. The zero-order valence-electron chi connectivity index (χ0n) is 8.12. The van der Waals surface area contributed by atoms with E-state index in [9.17, 15) is 13.2 Å². The number of ether oxygens (including phenoxy) is 1. The summed E-state index contributed by atoms with van der Waals surface area (Å²) in [7, 11) is 0. The van der Waals surface area contributed by atoms with Crippen LogP contribution >= 0.6 is 11.6 Å². The number of rotatable bonds is 2. The van der Waals surface area contributed by atoms with E-state index in [-0.39, 0.29) is 10.8 Å². The molecule has 3 nitrogen and oxygen atoms in total. The fourth-order valence-corrected chi connectivity index (χ4v) is 1.22. The van der Waals surface area contributed by atoms with Crippen molar-refractivity contribution < 1.29 is 17.9 Å². The maximum absolute atomic E-state index is 13.2. The van der Waals surface area contributed by atoms with Gasteiger partial charge in [0.1, 0.15) is 5.75 Å². The Kier molecular flexibility index (Phi) is 3.14. The summed E-state index contributed by atoms with van der Waals surface area (Å²) in [5.41, 5.74) is 0. The highest BCUT2D eigenvalue weighted by Gasteiger charge is 2.13. The molecule has 0 saturated carbocycles. The Morgan fingerprint density at radius 2 is 1.82 bits per heavy atom. The molecule has 0 aliphatic rings. The van der Waals surface area contributed by atoms with Crippen molar-refractivity contribution in [3.63, 3.8) is 0 Å². The van der Waals surface area contributed by atoms with Crippen molar-refractivity contribution in [3.05, 3.63) is 47.1 Å². The van der Waals surface area contributed by atoms with Crippen LogP contribution in [0.4, 0.5) is 13.2 Å². The van der Waals surface area contributed by atoms with E-state index in [2.05, 4.69) is 9.97 Å². The fraction of sp³-hybridized carbons (Fsp3) is 0. The van der Waals surface area contributed by atoms with Gasteiger partial charge in [-0.25, -0.2) is 8.78 Å². The minimum atomic E-state index is -1.45. The smallest absolute Gasteiger partial charge is 0.258 e. The van der Waals surface area contributed by atoms with E-state index < -0.39 is 23.5 Å². The topological polar surface area (TPSA) is 35.0 Å². The third-order valence-corrected chi connectivity index (χ3v) is 1.96. The van der Waals surface area contributed by atoms with E-state index in [0.29, 0.717) is 6.07 Å². The first-order valence-electron chi connectivity index (χ1n) is 4.36. The van der Waals surface area contributed by atoms with Crippen molar-refractivity contribution in [1.82, 2.24) is 9.97 Å². The van der Waals surface area contributed by atoms with Crippen LogP contribution in [0.3, 0.4) is 0 Å². The second kappa shape index (κ2) is 4.58. The first kappa shape index (κ1) is 11.7. The molecule has 2 rings (SSSR count). The third kappa shape index (κ3) is 2.65. The molecular weight excluding hydrogens is 257 g/mol. The fourth-order valence-electron chi connectivity index (χ4n) is 1.06. The van der Waals surface area contributed by atoms with Crippen molar-refractivity contribution in [1.29, 1.82) is 0 Å². The minimum Gasteiger partial charge on any atom is -0.435 e. The quantitative estimate of drug-likeness (QED) is 0.777. The Morgan fingerprint density at radius 1 is 1.06 bits per heavy atom. The van der Waals surface area contributed by atoms with Gasteiger partial charge in [-0.3, -0.25) is 4.98 Å². The second-order valence-electron chi connectivity index (χ2n) is 2.99. The minimum absolute atomic E-state index is 0.0647. The summed E-state index contributed by atoms with van der Waals surface area (Å²) >= 11 is 5.62. The van der Waals surface area contributed by atoms with Gasteiger partial charge in [-0.2, -0.15) is 9.37 Å². The average molecular weight is 261 g/mol. The Morgan fingerprint density at radius 3 is 2.53 bits per heavy atom. The van der Waals surface area contributed by atoms with E-state index in [1.54, 1.807) is 0 Å². The SMILES string of the molecule is Fc1cc(F)c(Oc2cncc(Cl)c2)nc1F. The zero-order chi connectivity index (χ0) is 12.4. The van der Waals surface area contributed by atoms with Crippen LogP contribution in [0.1, 0.15) is 0 Å². The lowest BCUT2D eigenvalue weighted by Crippen LogP contribution is -1.98. The zero-order valence-corrected chi connectivity index (χ0v) is 8.88. The molecule has 0 radical (unpaired) electrons. The highest BCUT2D eigenvalue weighted by Crippen LogP contribution is 2.24. The van der Waals surface area contributed by atoms with Crippen LogP contribution in [0.5, 0.6) is 11.6 Å². The van der Waals surface area contributed by atoms with Crippen molar-refractivity contribution in [2.45, 2.75) is 0 Å². The molecule has 0 fully saturated rings. The molecule has 7 heteroatoms. The van der Waals surface area contributed by atoms with E-state index in [0.717, 1.165) is 0 Å².